The quantitative estimate of drug-likeness (QED) is 0.758. The summed E-state index contributed by atoms with van der Waals surface area (Å²) in [7, 11) is 1.60. The molecule has 0 aliphatic rings. The van der Waals surface area contributed by atoms with E-state index in [1.165, 1.54) is 0 Å². The second-order valence-electron chi connectivity index (χ2n) is 4.46. The first-order valence-corrected chi connectivity index (χ1v) is 6.38. The number of pyridine rings is 1. The molecule has 0 atom stereocenters. The van der Waals surface area contributed by atoms with Gasteiger partial charge in [0.05, 0.1) is 7.11 Å². The van der Waals surface area contributed by atoms with Crippen LogP contribution in [0.5, 0.6) is 11.6 Å². The maximum atomic E-state index is 10.4. The zero-order chi connectivity index (χ0) is 14.4. The van der Waals surface area contributed by atoms with Gasteiger partial charge in [-0.25, -0.2) is 4.98 Å². The molecule has 0 saturated carbocycles. The summed E-state index contributed by atoms with van der Waals surface area (Å²) in [6.07, 6.45) is 1.32. The van der Waals surface area contributed by atoms with Crippen LogP contribution in [-0.4, -0.2) is 18.4 Å². The van der Waals surface area contributed by atoms with Crippen molar-refractivity contribution in [2.45, 2.75) is 20.0 Å². The second kappa shape index (κ2) is 6.70. The predicted octanol–water partition coefficient (Wildman–Crippen LogP) is 2.72. The SMILES string of the molecule is COc1cc(COc2ccc(CC=O)cc2)cc(C)n1. The van der Waals surface area contributed by atoms with Crippen molar-refractivity contribution in [3.05, 3.63) is 53.2 Å². The first-order valence-electron chi connectivity index (χ1n) is 6.38. The average Bonchev–Trinajstić information content (AvgIpc) is 2.46. The maximum absolute atomic E-state index is 10.4. The Labute approximate surface area is 118 Å². The number of benzene rings is 1. The Morgan fingerprint density at radius 1 is 1.15 bits per heavy atom. The molecule has 1 heterocycles. The van der Waals surface area contributed by atoms with E-state index in [0.717, 1.165) is 28.9 Å². The first kappa shape index (κ1) is 14.1. The summed E-state index contributed by atoms with van der Waals surface area (Å²) in [6, 6.07) is 11.3. The van der Waals surface area contributed by atoms with Crippen LogP contribution >= 0.6 is 0 Å². The number of aromatic nitrogens is 1. The van der Waals surface area contributed by atoms with Crippen molar-refractivity contribution in [3.63, 3.8) is 0 Å². The van der Waals surface area contributed by atoms with E-state index >= 15 is 0 Å². The lowest BCUT2D eigenvalue weighted by Gasteiger charge is -2.09. The Balaban J connectivity index is 2.01. The van der Waals surface area contributed by atoms with Crippen molar-refractivity contribution < 1.29 is 14.3 Å². The van der Waals surface area contributed by atoms with Gasteiger partial charge in [-0.15, -0.1) is 0 Å². The summed E-state index contributed by atoms with van der Waals surface area (Å²) in [5.74, 6) is 1.36. The number of methoxy groups -OCH3 is 1. The number of hydrogen-bond donors (Lipinski definition) is 0. The van der Waals surface area contributed by atoms with Gasteiger partial charge in [-0.05, 0) is 36.2 Å². The number of ether oxygens (including phenoxy) is 2. The Hall–Kier alpha value is -2.36. The zero-order valence-corrected chi connectivity index (χ0v) is 11.6. The van der Waals surface area contributed by atoms with Crippen molar-refractivity contribution >= 4 is 6.29 Å². The summed E-state index contributed by atoms with van der Waals surface area (Å²) in [6.45, 7) is 2.37. The Morgan fingerprint density at radius 3 is 2.55 bits per heavy atom. The molecule has 4 nitrogen and oxygen atoms in total. The molecule has 0 spiro atoms. The molecule has 0 N–H and O–H groups in total. The van der Waals surface area contributed by atoms with Crippen molar-refractivity contribution in [1.29, 1.82) is 0 Å². The number of nitrogens with zero attached hydrogens (tertiary/aromatic N) is 1. The fourth-order valence-corrected chi connectivity index (χ4v) is 1.88. The topological polar surface area (TPSA) is 48.4 Å². The van der Waals surface area contributed by atoms with Crippen LogP contribution in [0.25, 0.3) is 0 Å². The number of aryl methyl sites for hydroxylation is 1. The van der Waals surface area contributed by atoms with E-state index < -0.39 is 0 Å². The van der Waals surface area contributed by atoms with E-state index in [2.05, 4.69) is 4.98 Å². The Morgan fingerprint density at radius 2 is 1.90 bits per heavy atom. The lowest BCUT2D eigenvalue weighted by Crippen LogP contribution is -1.99. The molecule has 2 aromatic rings. The monoisotopic (exact) mass is 271 g/mol. The van der Waals surface area contributed by atoms with Crippen molar-refractivity contribution in [2.24, 2.45) is 0 Å². The third-order valence-corrected chi connectivity index (χ3v) is 2.85. The van der Waals surface area contributed by atoms with Gasteiger partial charge >= 0.3 is 0 Å². The normalized spacial score (nSPS) is 10.1. The van der Waals surface area contributed by atoms with Crippen LogP contribution in [0.1, 0.15) is 16.8 Å². The highest BCUT2D eigenvalue weighted by Gasteiger charge is 2.02. The minimum Gasteiger partial charge on any atom is -0.489 e. The molecule has 1 aromatic heterocycles. The molecule has 0 fully saturated rings. The molecular formula is C16H17NO3. The third-order valence-electron chi connectivity index (χ3n) is 2.85. The molecule has 0 aliphatic carbocycles. The highest BCUT2D eigenvalue weighted by atomic mass is 16.5. The molecule has 20 heavy (non-hydrogen) atoms. The summed E-state index contributed by atoms with van der Waals surface area (Å²) < 4.78 is 10.8. The van der Waals surface area contributed by atoms with Crippen LogP contribution in [0.2, 0.25) is 0 Å². The van der Waals surface area contributed by atoms with Gasteiger partial charge in [-0.1, -0.05) is 12.1 Å². The largest absolute Gasteiger partial charge is 0.489 e. The number of carbonyl (C=O) groups excluding carboxylic acids is 1. The fourth-order valence-electron chi connectivity index (χ4n) is 1.88. The molecule has 2 rings (SSSR count). The van der Waals surface area contributed by atoms with Gasteiger partial charge in [0, 0.05) is 18.2 Å². The molecule has 0 amide bonds. The van der Waals surface area contributed by atoms with Gasteiger partial charge in [0.25, 0.3) is 0 Å². The molecule has 104 valence electrons. The van der Waals surface area contributed by atoms with Crippen molar-refractivity contribution in [3.8, 4) is 11.6 Å². The molecule has 0 radical (unpaired) electrons. The van der Waals surface area contributed by atoms with Crippen LogP contribution in [0.3, 0.4) is 0 Å². The minimum absolute atomic E-state index is 0.432. The van der Waals surface area contributed by atoms with Gasteiger partial charge in [0.2, 0.25) is 5.88 Å². The van der Waals surface area contributed by atoms with E-state index in [-0.39, 0.29) is 0 Å². The fraction of sp³-hybridized carbons (Fsp3) is 0.250. The van der Waals surface area contributed by atoms with Crippen LogP contribution < -0.4 is 9.47 Å². The van der Waals surface area contributed by atoms with Crippen LogP contribution in [0, 0.1) is 6.92 Å². The van der Waals surface area contributed by atoms with Crippen molar-refractivity contribution in [2.75, 3.05) is 7.11 Å². The lowest BCUT2D eigenvalue weighted by molar-refractivity contribution is -0.107. The molecule has 0 unspecified atom stereocenters. The van der Waals surface area contributed by atoms with Gasteiger partial charge in [-0.3, -0.25) is 0 Å². The molecule has 1 aromatic carbocycles. The molecular weight excluding hydrogens is 254 g/mol. The van der Waals surface area contributed by atoms with Gasteiger partial charge < -0.3 is 14.3 Å². The average molecular weight is 271 g/mol. The minimum atomic E-state index is 0.432. The Bertz CT molecular complexity index is 579. The molecule has 4 heteroatoms. The summed E-state index contributed by atoms with van der Waals surface area (Å²) in [5, 5.41) is 0. The van der Waals surface area contributed by atoms with E-state index in [4.69, 9.17) is 9.47 Å². The number of hydrogen-bond acceptors (Lipinski definition) is 4. The lowest BCUT2D eigenvalue weighted by atomic mass is 10.2. The van der Waals surface area contributed by atoms with E-state index in [9.17, 15) is 4.79 Å². The number of rotatable bonds is 6. The number of aldehydes is 1. The molecule has 0 aliphatic heterocycles. The van der Waals surface area contributed by atoms with E-state index in [0.29, 0.717) is 18.9 Å². The standard InChI is InChI=1S/C16H17NO3/c1-12-9-14(10-16(17-12)19-2)11-20-15-5-3-13(4-6-15)7-8-18/h3-6,8-10H,7,11H2,1-2H3. The highest BCUT2D eigenvalue weighted by molar-refractivity contribution is 5.55. The van der Waals surface area contributed by atoms with Crippen LogP contribution in [0.4, 0.5) is 0 Å². The van der Waals surface area contributed by atoms with Crippen LogP contribution in [-0.2, 0) is 17.8 Å². The van der Waals surface area contributed by atoms with Gasteiger partial charge in [0.15, 0.2) is 0 Å². The zero-order valence-electron chi connectivity index (χ0n) is 11.6. The maximum Gasteiger partial charge on any atom is 0.213 e. The first-order chi connectivity index (χ1) is 9.71. The Kier molecular flexibility index (Phi) is 4.71. The summed E-state index contributed by atoms with van der Waals surface area (Å²) >= 11 is 0. The van der Waals surface area contributed by atoms with Crippen LogP contribution in [0.15, 0.2) is 36.4 Å². The van der Waals surface area contributed by atoms with E-state index in [1.807, 2.05) is 43.3 Å². The summed E-state index contributed by atoms with van der Waals surface area (Å²) in [4.78, 5) is 14.6. The predicted molar refractivity (Wildman–Crippen MR) is 76.1 cm³/mol. The third kappa shape index (κ3) is 3.82. The van der Waals surface area contributed by atoms with Gasteiger partial charge in [-0.2, -0.15) is 0 Å². The highest BCUT2D eigenvalue weighted by Crippen LogP contribution is 2.17. The molecule has 0 saturated heterocycles. The smallest absolute Gasteiger partial charge is 0.213 e. The number of carbonyl (C=O) groups is 1. The molecule has 0 bridgehead atoms. The van der Waals surface area contributed by atoms with E-state index in [1.54, 1.807) is 7.11 Å². The second-order valence-corrected chi connectivity index (χ2v) is 4.46. The van der Waals surface area contributed by atoms with Gasteiger partial charge in [0.1, 0.15) is 18.6 Å². The van der Waals surface area contributed by atoms with Crippen molar-refractivity contribution in [1.82, 2.24) is 4.98 Å². The summed E-state index contributed by atoms with van der Waals surface area (Å²) in [5.41, 5.74) is 2.88.